The topological polar surface area (TPSA) is 64.8 Å². The normalized spacial score (nSPS) is 14.6. The number of carbonyl (C=O) groups excluding carboxylic acids is 1. The highest BCUT2D eigenvalue weighted by Gasteiger charge is 2.31. The van der Waals surface area contributed by atoms with Crippen LogP contribution in [0.5, 0.6) is 11.6 Å². The third-order valence-corrected chi connectivity index (χ3v) is 4.63. The molecule has 2 heterocycles. The van der Waals surface area contributed by atoms with Crippen LogP contribution in [0.2, 0.25) is 0 Å². The summed E-state index contributed by atoms with van der Waals surface area (Å²) in [5, 5.41) is 4.57. The molecule has 1 fully saturated rings. The summed E-state index contributed by atoms with van der Waals surface area (Å²) in [4.78, 5) is 13.4. The van der Waals surface area contributed by atoms with Crippen molar-refractivity contribution in [3.05, 3.63) is 42.5 Å². The summed E-state index contributed by atoms with van der Waals surface area (Å²) < 4.78 is 51.7. The highest BCUT2D eigenvalue weighted by molar-refractivity contribution is 5.87. The largest absolute Gasteiger partial charge is 0.573 e. The number of fused-ring (bicyclic) bond motifs is 1. The van der Waals surface area contributed by atoms with Crippen LogP contribution >= 0.6 is 0 Å². The first-order valence-corrected chi connectivity index (χ1v) is 9.05. The first-order chi connectivity index (χ1) is 13.9. The third-order valence-electron chi connectivity index (χ3n) is 4.63. The standard InChI is InChI=1S/C20H17F3N2O4/c21-20(22,23)28-15-6-3-13(4-7-15)14-5-8-17-16(12-14)19(24-29-17)27-11-10-25-9-1-2-18(25)26/h3-8,12H,1-2,9-11H2. The second-order valence-corrected chi connectivity index (χ2v) is 6.60. The van der Waals surface area contributed by atoms with Crippen molar-refractivity contribution in [2.45, 2.75) is 19.2 Å². The van der Waals surface area contributed by atoms with Crippen molar-refractivity contribution >= 4 is 16.9 Å². The van der Waals surface area contributed by atoms with Gasteiger partial charge < -0.3 is 18.9 Å². The van der Waals surface area contributed by atoms with Gasteiger partial charge in [0.2, 0.25) is 5.91 Å². The minimum atomic E-state index is -4.73. The summed E-state index contributed by atoms with van der Waals surface area (Å²) in [7, 11) is 0. The van der Waals surface area contributed by atoms with Gasteiger partial charge in [0.1, 0.15) is 12.4 Å². The molecule has 0 radical (unpaired) electrons. The van der Waals surface area contributed by atoms with Crippen LogP contribution in [-0.2, 0) is 4.79 Å². The Morgan fingerprint density at radius 3 is 2.55 bits per heavy atom. The fraction of sp³-hybridized carbons (Fsp3) is 0.300. The van der Waals surface area contributed by atoms with Gasteiger partial charge in [-0.2, -0.15) is 0 Å². The van der Waals surface area contributed by atoms with Crippen molar-refractivity contribution in [2.24, 2.45) is 0 Å². The number of amides is 1. The van der Waals surface area contributed by atoms with Gasteiger partial charge in [-0.3, -0.25) is 4.79 Å². The van der Waals surface area contributed by atoms with Gasteiger partial charge in [-0.05, 0) is 47.0 Å². The zero-order valence-corrected chi connectivity index (χ0v) is 15.2. The van der Waals surface area contributed by atoms with E-state index in [2.05, 4.69) is 9.89 Å². The molecule has 2 aromatic carbocycles. The van der Waals surface area contributed by atoms with Crippen LogP contribution in [0.3, 0.4) is 0 Å². The Hall–Kier alpha value is -3.23. The Balaban J connectivity index is 1.48. The highest BCUT2D eigenvalue weighted by Crippen LogP contribution is 2.32. The molecule has 29 heavy (non-hydrogen) atoms. The molecule has 0 N–H and O–H groups in total. The molecule has 1 aromatic heterocycles. The van der Waals surface area contributed by atoms with E-state index in [0.29, 0.717) is 42.0 Å². The molecule has 1 aliphatic heterocycles. The number of halogens is 3. The molecule has 4 rings (SSSR count). The molecule has 3 aromatic rings. The van der Waals surface area contributed by atoms with Gasteiger partial charge in [0, 0.05) is 13.0 Å². The molecule has 1 amide bonds. The van der Waals surface area contributed by atoms with E-state index in [-0.39, 0.29) is 11.7 Å². The monoisotopic (exact) mass is 406 g/mol. The van der Waals surface area contributed by atoms with E-state index in [1.165, 1.54) is 24.3 Å². The van der Waals surface area contributed by atoms with Crippen LogP contribution in [0.4, 0.5) is 13.2 Å². The molecule has 0 atom stereocenters. The third kappa shape index (κ3) is 4.44. The van der Waals surface area contributed by atoms with E-state index >= 15 is 0 Å². The zero-order chi connectivity index (χ0) is 20.4. The fourth-order valence-electron chi connectivity index (χ4n) is 3.24. The van der Waals surface area contributed by atoms with Crippen molar-refractivity contribution in [2.75, 3.05) is 19.7 Å². The number of alkyl halides is 3. The number of ether oxygens (including phenoxy) is 2. The van der Waals surface area contributed by atoms with E-state index in [9.17, 15) is 18.0 Å². The molecule has 6 nitrogen and oxygen atoms in total. The smallest absolute Gasteiger partial charge is 0.473 e. The summed E-state index contributed by atoms with van der Waals surface area (Å²) in [6.45, 7) is 1.51. The lowest BCUT2D eigenvalue weighted by molar-refractivity contribution is -0.274. The summed E-state index contributed by atoms with van der Waals surface area (Å²) >= 11 is 0. The van der Waals surface area contributed by atoms with E-state index in [4.69, 9.17) is 9.26 Å². The SMILES string of the molecule is O=C1CCCN1CCOc1noc2ccc(-c3ccc(OC(F)(F)F)cc3)cc12. The van der Waals surface area contributed by atoms with Crippen molar-refractivity contribution < 1.29 is 32.0 Å². The van der Waals surface area contributed by atoms with Crippen LogP contribution < -0.4 is 9.47 Å². The maximum atomic E-state index is 12.3. The maximum Gasteiger partial charge on any atom is 0.573 e. The van der Waals surface area contributed by atoms with E-state index < -0.39 is 6.36 Å². The number of hydrogen-bond donors (Lipinski definition) is 0. The Kier molecular flexibility index (Phi) is 5.04. The number of likely N-dealkylation sites (tertiary alicyclic amines) is 1. The predicted octanol–water partition coefficient (Wildman–Crippen LogP) is 4.39. The van der Waals surface area contributed by atoms with Crippen LogP contribution in [0.25, 0.3) is 22.1 Å². The van der Waals surface area contributed by atoms with Gasteiger partial charge in [0.05, 0.1) is 11.9 Å². The van der Waals surface area contributed by atoms with Crippen LogP contribution in [0, 0.1) is 0 Å². The van der Waals surface area contributed by atoms with Crippen molar-refractivity contribution in [1.29, 1.82) is 0 Å². The minimum absolute atomic E-state index is 0.124. The summed E-state index contributed by atoms with van der Waals surface area (Å²) in [5.74, 6) is 0.150. The van der Waals surface area contributed by atoms with Crippen LogP contribution in [0.1, 0.15) is 12.8 Å². The highest BCUT2D eigenvalue weighted by atomic mass is 19.4. The summed E-state index contributed by atoms with van der Waals surface area (Å²) in [6.07, 6.45) is -3.29. The number of benzene rings is 2. The summed E-state index contributed by atoms with van der Waals surface area (Å²) in [6, 6.07) is 10.9. The molecular weight excluding hydrogens is 389 g/mol. The average Bonchev–Trinajstić information content (AvgIpc) is 3.27. The first-order valence-electron chi connectivity index (χ1n) is 9.05. The molecule has 0 spiro atoms. The second-order valence-electron chi connectivity index (χ2n) is 6.60. The lowest BCUT2D eigenvalue weighted by Gasteiger charge is -2.14. The Morgan fingerprint density at radius 2 is 1.86 bits per heavy atom. The van der Waals surface area contributed by atoms with Gasteiger partial charge in [-0.1, -0.05) is 18.2 Å². The van der Waals surface area contributed by atoms with E-state index in [1.54, 1.807) is 23.1 Å². The van der Waals surface area contributed by atoms with Crippen molar-refractivity contribution in [1.82, 2.24) is 10.1 Å². The number of hydrogen-bond acceptors (Lipinski definition) is 5. The van der Waals surface area contributed by atoms with Gasteiger partial charge in [0.25, 0.3) is 5.88 Å². The van der Waals surface area contributed by atoms with E-state index in [0.717, 1.165) is 18.5 Å². The molecular formula is C20H17F3N2O4. The molecule has 1 aliphatic rings. The van der Waals surface area contributed by atoms with Gasteiger partial charge in [-0.25, -0.2) is 0 Å². The quantitative estimate of drug-likeness (QED) is 0.607. The number of carbonyl (C=O) groups is 1. The van der Waals surface area contributed by atoms with Crippen LogP contribution in [-0.4, -0.2) is 42.0 Å². The minimum Gasteiger partial charge on any atom is -0.473 e. The van der Waals surface area contributed by atoms with Crippen LogP contribution in [0.15, 0.2) is 47.0 Å². The molecule has 0 aliphatic carbocycles. The molecule has 1 saturated heterocycles. The van der Waals surface area contributed by atoms with E-state index in [1.807, 2.05) is 0 Å². The lowest BCUT2D eigenvalue weighted by atomic mass is 10.0. The molecule has 0 saturated carbocycles. The zero-order valence-electron chi connectivity index (χ0n) is 15.2. The van der Waals surface area contributed by atoms with Crippen molar-refractivity contribution in [3.8, 4) is 22.8 Å². The predicted molar refractivity (Wildman–Crippen MR) is 97.4 cm³/mol. The average molecular weight is 406 g/mol. The molecule has 0 unspecified atom stereocenters. The number of nitrogens with zero attached hydrogens (tertiary/aromatic N) is 2. The maximum absolute atomic E-state index is 12.3. The number of rotatable bonds is 6. The van der Waals surface area contributed by atoms with Crippen molar-refractivity contribution in [3.63, 3.8) is 0 Å². The Bertz CT molecular complexity index is 1010. The Morgan fingerprint density at radius 1 is 1.10 bits per heavy atom. The lowest BCUT2D eigenvalue weighted by Crippen LogP contribution is -2.29. The summed E-state index contributed by atoms with van der Waals surface area (Å²) in [5.41, 5.74) is 1.99. The fourth-order valence-corrected chi connectivity index (χ4v) is 3.24. The van der Waals surface area contributed by atoms with Gasteiger partial charge >= 0.3 is 6.36 Å². The van der Waals surface area contributed by atoms with Gasteiger partial charge in [0.15, 0.2) is 5.58 Å². The molecule has 9 heteroatoms. The molecule has 152 valence electrons. The molecule has 0 bridgehead atoms. The first kappa shape index (κ1) is 19.1. The Labute approximate surface area is 163 Å². The van der Waals surface area contributed by atoms with Gasteiger partial charge in [-0.15, -0.1) is 13.2 Å². The second kappa shape index (κ2) is 7.65. The number of aromatic nitrogens is 1.